The Kier molecular flexibility index (Phi) is 11.6. The molecule has 1 atom stereocenters. The van der Waals surface area contributed by atoms with Gasteiger partial charge in [-0.25, -0.2) is 4.98 Å². The van der Waals surface area contributed by atoms with E-state index in [1.807, 2.05) is 60.8 Å². The first-order valence-corrected chi connectivity index (χ1v) is 17.2. The Bertz CT molecular complexity index is 1890. The highest BCUT2D eigenvalue weighted by atomic mass is 79.9. The van der Waals surface area contributed by atoms with Gasteiger partial charge in [0.15, 0.2) is 5.13 Å². The van der Waals surface area contributed by atoms with Crippen molar-refractivity contribution < 1.29 is 19.1 Å². The van der Waals surface area contributed by atoms with E-state index in [-0.39, 0.29) is 11.6 Å². The number of hydrogen-bond acceptors (Lipinski definition) is 7. The average Bonchev–Trinajstić information content (AvgIpc) is 3.56. The quantitative estimate of drug-likeness (QED) is 0.0879. The molecule has 1 aromatic heterocycles. The fourth-order valence-electron chi connectivity index (χ4n) is 4.44. The molecule has 238 valence electrons. The molecule has 0 radical (unpaired) electrons. The zero-order chi connectivity index (χ0) is 33.2. The third-order valence-corrected chi connectivity index (χ3v) is 9.49. The second-order valence-corrected chi connectivity index (χ2v) is 13.2. The third-order valence-electron chi connectivity index (χ3n) is 6.84. The summed E-state index contributed by atoms with van der Waals surface area (Å²) in [7, 11) is 1.56. The number of carbonyl (C=O) groups excluding carboxylic acids is 3. The number of methoxy groups -OCH3 is 1. The number of rotatable bonds is 12. The molecular formula is C36H31BrN4O4S2. The molecular weight excluding hydrogens is 696 g/mol. The Morgan fingerprint density at radius 3 is 2.45 bits per heavy atom. The molecule has 4 aromatic carbocycles. The van der Waals surface area contributed by atoms with Crippen molar-refractivity contribution >= 4 is 73.6 Å². The van der Waals surface area contributed by atoms with Crippen molar-refractivity contribution in [3.05, 3.63) is 130 Å². The summed E-state index contributed by atoms with van der Waals surface area (Å²) in [5, 5.41) is 10.6. The number of benzene rings is 4. The van der Waals surface area contributed by atoms with Crippen LogP contribution in [0.25, 0.3) is 17.3 Å². The van der Waals surface area contributed by atoms with Gasteiger partial charge in [0.2, 0.25) is 5.91 Å². The highest BCUT2D eigenvalue weighted by molar-refractivity contribution is 9.10. The van der Waals surface area contributed by atoms with Crippen molar-refractivity contribution in [2.75, 3.05) is 17.7 Å². The lowest BCUT2D eigenvalue weighted by Crippen LogP contribution is -2.30. The lowest BCUT2D eigenvalue weighted by atomic mass is 10.1. The molecule has 1 unspecified atom stereocenters. The lowest BCUT2D eigenvalue weighted by Gasteiger charge is -2.15. The molecule has 0 aliphatic rings. The van der Waals surface area contributed by atoms with E-state index < -0.39 is 17.1 Å². The van der Waals surface area contributed by atoms with Gasteiger partial charge in [0.25, 0.3) is 11.8 Å². The Morgan fingerprint density at radius 2 is 1.70 bits per heavy atom. The molecule has 0 bridgehead atoms. The highest BCUT2D eigenvalue weighted by Crippen LogP contribution is 2.31. The van der Waals surface area contributed by atoms with E-state index in [1.165, 1.54) is 23.1 Å². The molecule has 5 aromatic rings. The van der Waals surface area contributed by atoms with Crippen molar-refractivity contribution in [2.24, 2.45) is 0 Å². The summed E-state index contributed by atoms with van der Waals surface area (Å²) in [6, 6.07) is 30.9. The van der Waals surface area contributed by atoms with Crippen molar-refractivity contribution in [3.63, 3.8) is 0 Å². The minimum absolute atomic E-state index is 0.0573. The van der Waals surface area contributed by atoms with Crippen molar-refractivity contribution in [1.29, 1.82) is 0 Å². The Labute approximate surface area is 289 Å². The van der Waals surface area contributed by atoms with Crippen LogP contribution in [0.5, 0.6) is 5.75 Å². The van der Waals surface area contributed by atoms with Gasteiger partial charge in [-0.1, -0.05) is 71.4 Å². The van der Waals surface area contributed by atoms with Gasteiger partial charge in [0.05, 0.1) is 18.1 Å². The first-order valence-electron chi connectivity index (χ1n) is 14.6. The number of thiazole rings is 1. The van der Waals surface area contributed by atoms with Crippen LogP contribution in [-0.4, -0.2) is 35.1 Å². The fourth-order valence-corrected chi connectivity index (χ4v) is 6.44. The summed E-state index contributed by atoms with van der Waals surface area (Å²) in [6.45, 7) is 1.95. The smallest absolute Gasteiger partial charge is 0.272 e. The molecule has 1 heterocycles. The second kappa shape index (κ2) is 16.2. The number of nitrogens with zero attached hydrogens (tertiary/aromatic N) is 1. The predicted octanol–water partition coefficient (Wildman–Crippen LogP) is 8.50. The van der Waals surface area contributed by atoms with E-state index in [0.29, 0.717) is 34.1 Å². The van der Waals surface area contributed by atoms with E-state index >= 15 is 0 Å². The van der Waals surface area contributed by atoms with E-state index in [0.717, 1.165) is 20.6 Å². The van der Waals surface area contributed by atoms with Gasteiger partial charge in [-0.3, -0.25) is 14.4 Å². The van der Waals surface area contributed by atoms with Crippen LogP contribution >= 0.6 is 39.0 Å². The molecule has 3 N–H and O–H groups in total. The van der Waals surface area contributed by atoms with Crippen LogP contribution < -0.4 is 20.7 Å². The Morgan fingerprint density at radius 1 is 0.936 bits per heavy atom. The topological polar surface area (TPSA) is 109 Å². The van der Waals surface area contributed by atoms with Crippen molar-refractivity contribution in [3.8, 4) is 17.0 Å². The Balaban J connectivity index is 1.28. The zero-order valence-electron chi connectivity index (χ0n) is 25.5. The van der Waals surface area contributed by atoms with Crippen LogP contribution in [0, 0.1) is 0 Å². The molecule has 0 spiro atoms. The zero-order valence-corrected chi connectivity index (χ0v) is 28.7. The van der Waals surface area contributed by atoms with E-state index in [1.54, 1.807) is 67.8 Å². The molecule has 47 heavy (non-hydrogen) atoms. The summed E-state index contributed by atoms with van der Waals surface area (Å²) in [6.07, 6.45) is 2.17. The number of thioether (sulfide) groups is 1. The van der Waals surface area contributed by atoms with Gasteiger partial charge in [-0.05, 0) is 72.7 Å². The number of carbonyl (C=O) groups is 3. The monoisotopic (exact) mass is 726 g/mol. The summed E-state index contributed by atoms with van der Waals surface area (Å²) >= 11 is 6.21. The maximum atomic E-state index is 13.6. The summed E-state index contributed by atoms with van der Waals surface area (Å²) in [4.78, 5) is 45.2. The standard InChI is InChI=1S/C36H31BrN4O4S2/c1-3-32(35(44)41-36-40-31(22-46-36)24-15-17-26(37)18-16-24)47-29-14-8-12-27(21-29)38-34(43)30(20-23-9-7-13-28(19-23)45-2)39-33(42)25-10-5-4-6-11-25/h4-22,32H,3H2,1-2H3,(H,38,43)(H,39,42)(H,40,41,44)/b30-20-. The maximum absolute atomic E-state index is 13.6. The lowest BCUT2D eigenvalue weighted by molar-refractivity contribution is -0.116. The second-order valence-electron chi connectivity index (χ2n) is 10.2. The van der Waals surface area contributed by atoms with Crippen molar-refractivity contribution in [2.45, 2.75) is 23.5 Å². The normalized spacial score (nSPS) is 11.8. The number of halogens is 1. The first-order chi connectivity index (χ1) is 22.8. The average molecular weight is 728 g/mol. The van der Waals surface area contributed by atoms with Crippen LogP contribution in [0.3, 0.4) is 0 Å². The summed E-state index contributed by atoms with van der Waals surface area (Å²) in [5.41, 5.74) is 3.42. The molecule has 0 saturated carbocycles. The minimum atomic E-state index is -0.505. The molecule has 8 nitrogen and oxygen atoms in total. The van der Waals surface area contributed by atoms with E-state index in [4.69, 9.17) is 4.74 Å². The number of anilines is 2. The minimum Gasteiger partial charge on any atom is -0.497 e. The SMILES string of the molecule is CCC(Sc1cccc(NC(=O)/C(=C/c2cccc(OC)c2)NC(=O)c2ccccc2)c1)C(=O)Nc1nc(-c2ccc(Br)cc2)cs1. The van der Waals surface area contributed by atoms with E-state index in [2.05, 4.69) is 36.9 Å². The fraction of sp³-hybridized carbons (Fsp3) is 0.111. The van der Waals surface area contributed by atoms with Crippen LogP contribution in [0.1, 0.15) is 29.3 Å². The van der Waals surface area contributed by atoms with Gasteiger partial charge >= 0.3 is 0 Å². The molecule has 0 aliphatic carbocycles. The number of aromatic nitrogens is 1. The number of nitrogens with one attached hydrogen (secondary N) is 3. The highest BCUT2D eigenvalue weighted by Gasteiger charge is 2.21. The largest absolute Gasteiger partial charge is 0.497 e. The molecule has 0 aliphatic heterocycles. The van der Waals surface area contributed by atoms with Gasteiger partial charge in [0.1, 0.15) is 11.4 Å². The number of ether oxygens (including phenoxy) is 1. The first kappa shape index (κ1) is 33.6. The molecule has 0 fully saturated rings. The molecule has 3 amide bonds. The third kappa shape index (κ3) is 9.41. The maximum Gasteiger partial charge on any atom is 0.272 e. The van der Waals surface area contributed by atoms with Crippen LogP contribution in [0.15, 0.2) is 124 Å². The van der Waals surface area contributed by atoms with Gasteiger partial charge in [-0.2, -0.15) is 0 Å². The number of amides is 3. The Hall–Kier alpha value is -4.71. The van der Waals surface area contributed by atoms with Gasteiger partial charge in [0, 0.05) is 31.6 Å². The summed E-state index contributed by atoms with van der Waals surface area (Å²) in [5.74, 6) is -0.461. The molecule has 5 rings (SSSR count). The van der Waals surface area contributed by atoms with Crippen LogP contribution in [0.4, 0.5) is 10.8 Å². The summed E-state index contributed by atoms with van der Waals surface area (Å²) < 4.78 is 6.30. The molecule has 11 heteroatoms. The number of hydrogen-bond donors (Lipinski definition) is 3. The predicted molar refractivity (Wildman–Crippen MR) is 194 cm³/mol. The van der Waals surface area contributed by atoms with E-state index in [9.17, 15) is 14.4 Å². The van der Waals surface area contributed by atoms with Crippen LogP contribution in [-0.2, 0) is 9.59 Å². The van der Waals surface area contributed by atoms with Crippen LogP contribution in [0.2, 0.25) is 0 Å². The van der Waals surface area contributed by atoms with Gasteiger partial charge < -0.3 is 20.7 Å². The van der Waals surface area contributed by atoms with Gasteiger partial charge in [-0.15, -0.1) is 23.1 Å². The van der Waals surface area contributed by atoms with Crippen molar-refractivity contribution in [1.82, 2.24) is 10.3 Å². The molecule has 0 saturated heterocycles.